The average Bonchev–Trinajstić information content (AvgIpc) is 2.72. The third-order valence-corrected chi connectivity index (χ3v) is 4.77. The first kappa shape index (κ1) is 18.0. The predicted octanol–water partition coefficient (Wildman–Crippen LogP) is 5.45. The third-order valence-electron chi connectivity index (χ3n) is 4.77. The van der Waals surface area contributed by atoms with Crippen molar-refractivity contribution in [2.75, 3.05) is 0 Å². The fourth-order valence-electron chi connectivity index (χ4n) is 2.50. The molecule has 0 amide bonds. The van der Waals surface area contributed by atoms with E-state index in [-0.39, 0.29) is 18.3 Å². The molecule has 23 heavy (non-hydrogen) atoms. The summed E-state index contributed by atoms with van der Waals surface area (Å²) < 4.78 is 12.4. The van der Waals surface area contributed by atoms with Crippen LogP contribution < -0.4 is 0 Å². The minimum Gasteiger partial charge on any atom is -0.400 e. The maximum Gasteiger partial charge on any atom is 0.490 e. The molecule has 2 nitrogen and oxygen atoms in total. The summed E-state index contributed by atoms with van der Waals surface area (Å²) in [6, 6.07) is 10.3. The van der Waals surface area contributed by atoms with Gasteiger partial charge in [-0.3, -0.25) is 0 Å². The molecule has 0 N–H and O–H groups in total. The Morgan fingerprint density at radius 1 is 1.04 bits per heavy atom. The van der Waals surface area contributed by atoms with Gasteiger partial charge in [-0.2, -0.15) is 0 Å². The van der Waals surface area contributed by atoms with E-state index in [0.717, 1.165) is 12.8 Å². The zero-order valence-electron chi connectivity index (χ0n) is 15.1. The summed E-state index contributed by atoms with van der Waals surface area (Å²) in [6.45, 7) is 10.6. The van der Waals surface area contributed by atoms with Gasteiger partial charge in [0.25, 0.3) is 0 Å². The first-order chi connectivity index (χ1) is 10.9. The van der Waals surface area contributed by atoms with Crippen molar-refractivity contribution in [1.29, 1.82) is 0 Å². The van der Waals surface area contributed by atoms with Gasteiger partial charge >= 0.3 is 7.12 Å². The smallest absolute Gasteiger partial charge is 0.400 e. The van der Waals surface area contributed by atoms with Crippen LogP contribution in [0.5, 0.6) is 0 Å². The van der Waals surface area contributed by atoms with Crippen molar-refractivity contribution < 1.29 is 9.31 Å². The molecule has 3 heteroatoms. The molecule has 0 bridgehead atoms. The molecule has 1 aromatic rings. The number of allylic oxidation sites excluding steroid dienone is 3. The van der Waals surface area contributed by atoms with Crippen LogP contribution in [0.4, 0.5) is 0 Å². The lowest BCUT2D eigenvalue weighted by atomic mass is 9.75. The van der Waals surface area contributed by atoms with Gasteiger partial charge in [-0.15, -0.1) is 0 Å². The molecule has 1 fully saturated rings. The number of rotatable bonds is 6. The van der Waals surface area contributed by atoms with E-state index < -0.39 is 0 Å². The largest absolute Gasteiger partial charge is 0.490 e. The van der Waals surface area contributed by atoms with E-state index in [9.17, 15) is 0 Å². The number of hydrogen-bond donors (Lipinski definition) is 0. The van der Waals surface area contributed by atoms with E-state index in [2.05, 4.69) is 77.1 Å². The number of hydrogen-bond acceptors (Lipinski definition) is 2. The van der Waals surface area contributed by atoms with Crippen molar-refractivity contribution in [3.8, 4) is 0 Å². The van der Waals surface area contributed by atoms with Crippen molar-refractivity contribution in [2.45, 2.75) is 65.1 Å². The van der Waals surface area contributed by atoms with E-state index in [0.29, 0.717) is 0 Å². The molecule has 0 unspecified atom stereocenters. The van der Waals surface area contributed by atoms with Crippen LogP contribution in [0.15, 0.2) is 48.0 Å². The Hall–Kier alpha value is -1.32. The molecule has 124 valence electrons. The normalized spacial score (nSPS) is 20.4. The van der Waals surface area contributed by atoms with Gasteiger partial charge in [0.1, 0.15) is 0 Å². The standard InChI is InChI=1S/C20H29BO2/c1-6-7-15-18(16-11-14-17-12-9-8-10-13-17)21-22-19(2,3)20(4,5)23-21/h8-14,16H,6-7,15H2,1-5H3/b14-11+,18-16-. The fraction of sp³-hybridized carbons (Fsp3) is 0.500. The van der Waals surface area contributed by atoms with E-state index in [1.165, 1.54) is 17.5 Å². The molecule has 0 aromatic heterocycles. The monoisotopic (exact) mass is 312 g/mol. The molecule has 0 atom stereocenters. The summed E-state index contributed by atoms with van der Waals surface area (Å²) in [4.78, 5) is 0. The van der Waals surface area contributed by atoms with Crippen molar-refractivity contribution >= 4 is 13.2 Å². The van der Waals surface area contributed by atoms with E-state index in [1.54, 1.807) is 0 Å². The van der Waals surface area contributed by atoms with Gasteiger partial charge in [0.05, 0.1) is 11.2 Å². The van der Waals surface area contributed by atoms with Crippen LogP contribution in [0, 0.1) is 0 Å². The predicted molar refractivity (Wildman–Crippen MR) is 99.2 cm³/mol. The molecule has 1 aliphatic heterocycles. The van der Waals surface area contributed by atoms with Gasteiger partial charge in [0.2, 0.25) is 0 Å². The summed E-state index contributed by atoms with van der Waals surface area (Å²) in [5.74, 6) is 0. The minimum atomic E-state index is -0.286. The molecule has 0 aliphatic carbocycles. The molecule has 1 saturated heterocycles. The Morgan fingerprint density at radius 2 is 1.65 bits per heavy atom. The average molecular weight is 312 g/mol. The van der Waals surface area contributed by atoms with Crippen molar-refractivity contribution in [3.63, 3.8) is 0 Å². The second-order valence-corrected chi connectivity index (χ2v) is 7.20. The number of benzene rings is 1. The lowest BCUT2D eigenvalue weighted by Crippen LogP contribution is -2.41. The van der Waals surface area contributed by atoms with Crippen LogP contribution in [0.2, 0.25) is 0 Å². The summed E-state index contributed by atoms with van der Waals surface area (Å²) >= 11 is 0. The highest BCUT2D eigenvalue weighted by Gasteiger charge is 2.52. The van der Waals surface area contributed by atoms with Crippen LogP contribution in [0.1, 0.15) is 59.4 Å². The quantitative estimate of drug-likeness (QED) is 0.514. The summed E-state index contributed by atoms with van der Waals surface area (Å²) in [6.07, 6.45) is 9.70. The van der Waals surface area contributed by atoms with Gasteiger partial charge in [-0.1, -0.05) is 68.3 Å². The number of unbranched alkanes of at least 4 members (excludes halogenated alkanes) is 1. The molecule has 0 spiro atoms. The summed E-state index contributed by atoms with van der Waals surface area (Å²) in [5.41, 5.74) is 1.85. The maximum absolute atomic E-state index is 6.20. The third kappa shape index (κ3) is 4.59. The lowest BCUT2D eigenvalue weighted by Gasteiger charge is -2.32. The van der Waals surface area contributed by atoms with Crippen molar-refractivity contribution in [2.24, 2.45) is 0 Å². The Morgan fingerprint density at radius 3 is 2.22 bits per heavy atom. The second kappa shape index (κ2) is 7.50. The highest BCUT2D eigenvalue weighted by atomic mass is 16.7. The maximum atomic E-state index is 6.20. The van der Waals surface area contributed by atoms with Gasteiger partial charge in [-0.25, -0.2) is 0 Å². The van der Waals surface area contributed by atoms with Crippen LogP contribution >= 0.6 is 0 Å². The SMILES string of the molecule is CCCC/C(=C/C=C/c1ccccc1)B1OC(C)(C)C(C)(C)O1. The Kier molecular flexibility index (Phi) is 5.88. The summed E-state index contributed by atoms with van der Waals surface area (Å²) in [5, 5.41) is 0. The first-order valence-corrected chi connectivity index (χ1v) is 8.63. The topological polar surface area (TPSA) is 18.5 Å². The summed E-state index contributed by atoms with van der Waals surface area (Å²) in [7, 11) is -0.244. The van der Waals surface area contributed by atoms with E-state index >= 15 is 0 Å². The molecule has 2 rings (SSSR count). The van der Waals surface area contributed by atoms with E-state index in [4.69, 9.17) is 9.31 Å². The Balaban J connectivity index is 2.14. The Labute approximate surface area is 141 Å². The molecule has 1 aromatic carbocycles. The van der Waals surface area contributed by atoms with Gasteiger partial charge in [0.15, 0.2) is 0 Å². The van der Waals surface area contributed by atoms with Crippen molar-refractivity contribution in [1.82, 2.24) is 0 Å². The highest BCUT2D eigenvalue weighted by molar-refractivity contribution is 6.54. The van der Waals surface area contributed by atoms with Gasteiger partial charge in [0, 0.05) is 0 Å². The molecular formula is C20H29BO2. The second-order valence-electron chi connectivity index (χ2n) is 7.20. The molecule has 1 aliphatic rings. The van der Waals surface area contributed by atoms with Crippen LogP contribution in [-0.2, 0) is 9.31 Å². The first-order valence-electron chi connectivity index (χ1n) is 8.63. The zero-order valence-corrected chi connectivity index (χ0v) is 15.1. The molecule has 1 heterocycles. The fourth-order valence-corrected chi connectivity index (χ4v) is 2.50. The van der Waals surface area contributed by atoms with Crippen LogP contribution in [-0.4, -0.2) is 18.3 Å². The Bertz CT molecular complexity index is 542. The minimum absolute atomic E-state index is 0.244. The molecular weight excluding hydrogens is 283 g/mol. The van der Waals surface area contributed by atoms with Gasteiger partial charge in [-0.05, 0) is 45.2 Å². The van der Waals surface area contributed by atoms with Gasteiger partial charge < -0.3 is 9.31 Å². The van der Waals surface area contributed by atoms with Crippen LogP contribution in [0.25, 0.3) is 6.08 Å². The lowest BCUT2D eigenvalue weighted by molar-refractivity contribution is 0.00578. The zero-order chi connectivity index (χ0) is 16.9. The molecule has 0 radical (unpaired) electrons. The highest BCUT2D eigenvalue weighted by Crippen LogP contribution is 2.39. The van der Waals surface area contributed by atoms with E-state index in [1.807, 2.05) is 6.07 Å². The van der Waals surface area contributed by atoms with Crippen molar-refractivity contribution in [3.05, 3.63) is 53.5 Å². The molecule has 0 saturated carbocycles. The van der Waals surface area contributed by atoms with Crippen LogP contribution in [0.3, 0.4) is 0 Å².